The zero-order chi connectivity index (χ0) is 42.7. The second-order valence-corrected chi connectivity index (χ2v) is 17.3. The van der Waals surface area contributed by atoms with E-state index in [2.05, 4.69) is 267 Å². The van der Waals surface area contributed by atoms with Crippen LogP contribution in [0.2, 0.25) is 0 Å². The first-order valence-corrected chi connectivity index (χ1v) is 22.3. The first kappa shape index (κ1) is 37.7. The Morgan fingerprint density at radius 3 is 1.34 bits per heavy atom. The number of fused-ring (bicyclic) bond motifs is 6. The summed E-state index contributed by atoms with van der Waals surface area (Å²) in [6.45, 7) is 2.39. The summed E-state index contributed by atoms with van der Waals surface area (Å²) >= 11 is 0. The predicted molar refractivity (Wildman–Crippen MR) is 267 cm³/mol. The molecule has 0 heterocycles. The van der Waals surface area contributed by atoms with E-state index >= 15 is 0 Å². The van der Waals surface area contributed by atoms with Crippen molar-refractivity contribution in [2.75, 3.05) is 4.90 Å². The lowest BCUT2D eigenvalue weighted by molar-refractivity contribution is 0.714. The van der Waals surface area contributed by atoms with Gasteiger partial charge in [0.15, 0.2) is 0 Å². The molecule has 0 aliphatic heterocycles. The average molecular weight is 816 g/mol. The molecular weight excluding hydrogens is 771 g/mol. The molecule has 10 aromatic rings. The van der Waals surface area contributed by atoms with Gasteiger partial charge in [-0.25, -0.2) is 0 Å². The molecule has 2 aliphatic rings. The maximum atomic E-state index is 2.45. The van der Waals surface area contributed by atoms with E-state index in [1.54, 1.807) is 0 Å². The van der Waals surface area contributed by atoms with Crippen molar-refractivity contribution >= 4 is 17.1 Å². The van der Waals surface area contributed by atoms with Crippen molar-refractivity contribution in [1.29, 1.82) is 0 Å². The van der Waals surface area contributed by atoms with Crippen molar-refractivity contribution in [3.8, 4) is 44.5 Å². The Labute approximate surface area is 376 Å². The fourth-order valence-electron chi connectivity index (χ4n) is 11.1. The Hall–Kier alpha value is -8.00. The van der Waals surface area contributed by atoms with E-state index in [9.17, 15) is 0 Å². The van der Waals surface area contributed by atoms with Crippen LogP contribution in [0.4, 0.5) is 17.1 Å². The molecule has 1 heteroatoms. The molecule has 0 fully saturated rings. The monoisotopic (exact) mass is 815 g/mol. The number of rotatable bonds is 8. The Balaban J connectivity index is 0.973. The number of para-hydroxylation sites is 2. The van der Waals surface area contributed by atoms with Gasteiger partial charge in [0.2, 0.25) is 0 Å². The van der Waals surface area contributed by atoms with E-state index in [1.807, 2.05) is 0 Å². The summed E-state index contributed by atoms with van der Waals surface area (Å²) in [5.74, 6) is 0. The minimum atomic E-state index is -0.447. The number of benzene rings is 10. The fraction of sp³-hybridized carbons (Fsp3) is 0.0476. The molecule has 2 aliphatic carbocycles. The van der Waals surface area contributed by atoms with Crippen molar-refractivity contribution in [1.82, 2.24) is 0 Å². The molecular formula is C63H45N. The number of hydrogen-bond acceptors (Lipinski definition) is 1. The first-order chi connectivity index (χ1) is 31.6. The second-order valence-electron chi connectivity index (χ2n) is 17.3. The summed E-state index contributed by atoms with van der Waals surface area (Å²) in [5.41, 5.74) is 21.7. The van der Waals surface area contributed by atoms with Crippen LogP contribution in [0, 0.1) is 0 Å². The minimum Gasteiger partial charge on any atom is -0.310 e. The van der Waals surface area contributed by atoms with Crippen LogP contribution < -0.4 is 4.90 Å². The summed E-state index contributed by atoms with van der Waals surface area (Å²) in [6, 6.07) is 94.0. The van der Waals surface area contributed by atoms with Crippen LogP contribution in [0.25, 0.3) is 44.5 Å². The van der Waals surface area contributed by atoms with Crippen LogP contribution in [0.3, 0.4) is 0 Å². The maximum absolute atomic E-state index is 2.45. The number of hydrogen-bond donors (Lipinski definition) is 0. The van der Waals surface area contributed by atoms with Crippen molar-refractivity contribution in [3.63, 3.8) is 0 Å². The van der Waals surface area contributed by atoms with Gasteiger partial charge in [-0.2, -0.15) is 0 Å². The Morgan fingerprint density at radius 2 is 0.703 bits per heavy atom. The average Bonchev–Trinajstić information content (AvgIpc) is 3.82. The molecule has 1 nitrogen and oxygen atoms in total. The van der Waals surface area contributed by atoms with Gasteiger partial charge in [0.25, 0.3) is 0 Å². The van der Waals surface area contributed by atoms with Crippen LogP contribution in [0.1, 0.15) is 45.9 Å². The van der Waals surface area contributed by atoms with Gasteiger partial charge in [-0.15, -0.1) is 0 Å². The molecule has 1 atom stereocenters. The van der Waals surface area contributed by atoms with Gasteiger partial charge in [0.05, 0.1) is 11.1 Å². The zero-order valence-corrected chi connectivity index (χ0v) is 35.7. The second kappa shape index (κ2) is 15.1. The Morgan fingerprint density at radius 1 is 0.281 bits per heavy atom. The molecule has 10 aromatic carbocycles. The SMILES string of the molecule is CC1(c2ccccc2)c2ccccc2-c2ccc(-c3ccccc3N(c3ccccc3)c3ccc(-c4ccc5c(c4)C(c4ccccc4)(c4ccccc4)c4ccccc4-5)cc3)cc21. The van der Waals surface area contributed by atoms with E-state index < -0.39 is 5.41 Å². The van der Waals surface area contributed by atoms with Gasteiger partial charge in [-0.1, -0.05) is 212 Å². The third kappa shape index (κ3) is 5.71. The van der Waals surface area contributed by atoms with Crippen LogP contribution in [0.15, 0.2) is 255 Å². The molecule has 64 heavy (non-hydrogen) atoms. The van der Waals surface area contributed by atoms with E-state index in [4.69, 9.17) is 0 Å². The topological polar surface area (TPSA) is 3.24 Å². The molecule has 0 amide bonds. The molecule has 12 rings (SSSR count). The van der Waals surface area contributed by atoms with Gasteiger partial charge >= 0.3 is 0 Å². The van der Waals surface area contributed by atoms with Crippen molar-refractivity contribution < 1.29 is 0 Å². The molecule has 302 valence electrons. The molecule has 0 saturated carbocycles. The molecule has 0 spiro atoms. The predicted octanol–water partition coefficient (Wildman–Crippen LogP) is 16.2. The molecule has 0 saturated heterocycles. The highest BCUT2D eigenvalue weighted by Gasteiger charge is 2.46. The lowest BCUT2D eigenvalue weighted by Gasteiger charge is -2.34. The summed E-state index contributed by atoms with van der Waals surface area (Å²) in [5, 5.41) is 0. The lowest BCUT2D eigenvalue weighted by Crippen LogP contribution is -2.28. The van der Waals surface area contributed by atoms with Gasteiger partial charge in [-0.05, 0) is 127 Å². The van der Waals surface area contributed by atoms with Gasteiger partial charge in [0, 0.05) is 22.4 Å². The van der Waals surface area contributed by atoms with Crippen molar-refractivity contribution in [2.45, 2.75) is 17.8 Å². The third-order valence-corrected chi connectivity index (χ3v) is 14.1. The Bertz CT molecular complexity index is 3280. The highest BCUT2D eigenvalue weighted by Crippen LogP contribution is 2.57. The summed E-state index contributed by atoms with van der Waals surface area (Å²) in [4.78, 5) is 2.41. The van der Waals surface area contributed by atoms with Crippen LogP contribution >= 0.6 is 0 Å². The van der Waals surface area contributed by atoms with Gasteiger partial charge < -0.3 is 4.90 Å². The molecule has 0 N–H and O–H groups in total. The largest absolute Gasteiger partial charge is 0.310 e. The van der Waals surface area contributed by atoms with Crippen molar-refractivity contribution in [3.05, 3.63) is 294 Å². The zero-order valence-electron chi connectivity index (χ0n) is 35.7. The molecule has 0 bridgehead atoms. The van der Waals surface area contributed by atoms with Crippen LogP contribution in [-0.2, 0) is 10.8 Å². The fourth-order valence-corrected chi connectivity index (χ4v) is 11.1. The first-order valence-electron chi connectivity index (χ1n) is 22.3. The normalized spacial score (nSPS) is 15.1. The molecule has 0 radical (unpaired) electrons. The standard InChI is InChI=1S/C63H45N/c1-62(47-20-6-2-7-21-47)57-31-17-14-29-53(57)55-41-37-46(43-59(55)62)52-28-16-19-33-61(52)64(50-26-12-5-13-27-50)51-38-34-44(35-39-51)45-36-40-56-54-30-15-18-32-58(54)63(60(56)42-45,48-22-8-3-9-23-48)49-24-10-4-11-25-49/h2-43H,1H3. The summed E-state index contributed by atoms with van der Waals surface area (Å²) in [6.07, 6.45) is 0. The van der Waals surface area contributed by atoms with E-state index in [0.29, 0.717) is 0 Å². The highest BCUT2D eigenvalue weighted by molar-refractivity contribution is 5.92. The molecule has 0 aromatic heterocycles. The highest BCUT2D eigenvalue weighted by atomic mass is 15.1. The summed E-state index contributed by atoms with van der Waals surface area (Å²) in [7, 11) is 0. The van der Waals surface area contributed by atoms with E-state index in [1.165, 1.54) is 83.5 Å². The quantitative estimate of drug-likeness (QED) is 0.148. The smallest absolute Gasteiger partial charge is 0.0713 e. The Kier molecular flexibility index (Phi) is 8.91. The van der Waals surface area contributed by atoms with E-state index in [0.717, 1.165) is 17.1 Å². The molecule has 1 unspecified atom stereocenters. The van der Waals surface area contributed by atoms with E-state index in [-0.39, 0.29) is 5.41 Å². The third-order valence-electron chi connectivity index (χ3n) is 14.1. The van der Waals surface area contributed by atoms with Gasteiger partial charge in [0.1, 0.15) is 0 Å². The maximum Gasteiger partial charge on any atom is 0.0713 e. The van der Waals surface area contributed by atoms with Gasteiger partial charge in [-0.3, -0.25) is 0 Å². The lowest BCUT2D eigenvalue weighted by atomic mass is 9.67. The van der Waals surface area contributed by atoms with Crippen molar-refractivity contribution in [2.24, 2.45) is 0 Å². The minimum absolute atomic E-state index is 0.282. The van der Waals surface area contributed by atoms with Crippen LogP contribution in [-0.4, -0.2) is 0 Å². The number of nitrogens with zero attached hydrogens (tertiary/aromatic N) is 1. The van der Waals surface area contributed by atoms with Crippen LogP contribution in [0.5, 0.6) is 0 Å². The number of anilines is 3. The summed E-state index contributed by atoms with van der Waals surface area (Å²) < 4.78 is 0.